The Labute approximate surface area is 125 Å². The number of methoxy groups -OCH3 is 1. The van der Waals surface area contributed by atoms with Gasteiger partial charge < -0.3 is 9.84 Å². The van der Waals surface area contributed by atoms with Crippen LogP contribution in [0.5, 0.6) is 11.5 Å². The lowest BCUT2D eigenvalue weighted by molar-refractivity contribution is 0.373. The third-order valence-electron chi connectivity index (χ3n) is 2.48. The van der Waals surface area contributed by atoms with Gasteiger partial charge in [-0.1, -0.05) is 29.3 Å². The van der Waals surface area contributed by atoms with Gasteiger partial charge in [-0.3, -0.25) is 10.4 Å². The van der Waals surface area contributed by atoms with Crippen LogP contribution in [-0.4, -0.2) is 23.4 Å². The Morgan fingerprint density at radius 3 is 2.65 bits per heavy atom. The fourth-order valence-corrected chi connectivity index (χ4v) is 1.94. The van der Waals surface area contributed by atoms with E-state index in [9.17, 15) is 5.11 Å². The number of phenols is 1. The maximum atomic E-state index is 9.89. The molecule has 0 aliphatic carbocycles. The topological polar surface area (TPSA) is 66.7 Å². The van der Waals surface area contributed by atoms with E-state index in [1.165, 1.54) is 25.7 Å². The Hall–Kier alpha value is -1.98. The van der Waals surface area contributed by atoms with Crippen molar-refractivity contribution >= 4 is 35.1 Å². The normalized spacial score (nSPS) is 10.8. The molecule has 2 rings (SSSR count). The summed E-state index contributed by atoms with van der Waals surface area (Å²) < 4.78 is 5.01. The first-order valence-electron chi connectivity index (χ1n) is 5.57. The van der Waals surface area contributed by atoms with Crippen molar-refractivity contribution in [3.63, 3.8) is 0 Å². The number of nitrogens with zero attached hydrogens (tertiary/aromatic N) is 2. The molecule has 2 aromatic rings. The summed E-state index contributed by atoms with van der Waals surface area (Å²) in [6.45, 7) is 0. The zero-order valence-corrected chi connectivity index (χ0v) is 12.0. The van der Waals surface area contributed by atoms with Crippen molar-refractivity contribution in [2.75, 3.05) is 12.5 Å². The molecule has 0 saturated carbocycles. The van der Waals surface area contributed by atoms with E-state index in [2.05, 4.69) is 15.5 Å². The second-order valence-electron chi connectivity index (χ2n) is 3.75. The summed E-state index contributed by atoms with van der Waals surface area (Å²) in [5, 5.41) is 14.6. The van der Waals surface area contributed by atoms with Crippen LogP contribution in [0.25, 0.3) is 0 Å². The number of ether oxygens (including phenoxy) is 1. The fraction of sp³-hybridized carbons (Fsp3) is 0.0769. The number of halogens is 2. The predicted molar refractivity (Wildman–Crippen MR) is 80.1 cm³/mol. The van der Waals surface area contributed by atoms with Gasteiger partial charge in [0.05, 0.1) is 29.1 Å². The molecule has 0 saturated heterocycles. The number of nitrogens with one attached hydrogen (secondary N) is 1. The van der Waals surface area contributed by atoms with Crippen LogP contribution in [-0.2, 0) is 0 Å². The van der Waals surface area contributed by atoms with Gasteiger partial charge in [-0.25, -0.2) is 0 Å². The summed E-state index contributed by atoms with van der Waals surface area (Å²) in [5.74, 6) is 0.376. The van der Waals surface area contributed by atoms with Crippen LogP contribution in [0.15, 0.2) is 35.7 Å². The molecular weight excluding hydrogens is 301 g/mol. The summed E-state index contributed by atoms with van der Waals surface area (Å²) in [7, 11) is 1.48. The molecular formula is C13H11Cl2N3O2. The Morgan fingerprint density at radius 1 is 1.30 bits per heavy atom. The van der Waals surface area contributed by atoms with E-state index >= 15 is 0 Å². The van der Waals surface area contributed by atoms with Crippen molar-refractivity contribution in [3.8, 4) is 11.5 Å². The van der Waals surface area contributed by atoms with Gasteiger partial charge in [0.2, 0.25) is 0 Å². The number of pyridine rings is 1. The van der Waals surface area contributed by atoms with Crippen LogP contribution in [0.1, 0.15) is 5.56 Å². The molecule has 0 aliphatic heterocycles. The molecule has 0 fully saturated rings. The molecule has 1 aromatic carbocycles. The van der Waals surface area contributed by atoms with Crippen LogP contribution in [0, 0.1) is 0 Å². The van der Waals surface area contributed by atoms with Crippen molar-refractivity contribution in [2.24, 2.45) is 5.10 Å². The lowest BCUT2D eigenvalue weighted by Crippen LogP contribution is -1.94. The zero-order valence-electron chi connectivity index (χ0n) is 10.5. The Bertz CT molecular complexity index is 627. The number of anilines is 1. The predicted octanol–water partition coefficient (Wildman–Crippen LogP) is 3.55. The number of phenolic OH excluding ortho intramolecular Hbond substituents is 1. The molecule has 104 valence electrons. The van der Waals surface area contributed by atoms with E-state index < -0.39 is 0 Å². The molecule has 7 heteroatoms. The standard InChI is InChI=1S/C13H11Cl2N3O2/c1-20-11-4-2-3-8(13(11)19)5-17-18-12-9(14)6-16-7-10(12)15/h2-7,19H,1H3,(H,16,18)/b17-5+. The lowest BCUT2D eigenvalue weighted by Gasteiger charge is -2.06. The molecule has 0 unspecified atom stereocenters. The van der Waals surface area contributed by atoms with Crippen molar-refractivity contribution in [1.29, 1.82) is 0 Å². The van der Waals surface area contributed by atoms with E-state index in [0.717, 1.165) is 0 Å². The van der Waals surface area contributed by atoms with Crippen molar-refractivity contribution in [2.45, 2.75) is 0 Å². The molecule has 0 bridgehead atoms. The smallest absolute Gasteiger partial charge is 0.166 e. The largest absolute Gasteiger partial charge is 0.504 e. The maximum Gasteiger partial charge on any atom is 0.166 e. The number of aromatic hydroxyl groups is 1. The number of aromatic nitrogens is 1. The highest BCUT2D eigenvalue weighted by atomic mass is 35.5. The number of hydrogen-bond acceptors (Lipinski definition) is 5. The van der Waals surface area contributed by atoms with E-state index in [4.69, 9.17) is 27.9 Å². The Kier molecular flexibility index (Phi) is 4.65. The number of hydrogen-bond donors (Lipinski definition) is 2. The van der Waals surface area contributed by atoms with Gasteiger partial charge in [-0.15, -0.1) is 0 Å². The van der Waals surface area contributed by atoms with E-state index in [1.807, 2.05) is 0 Å². The zero-order chi connectivity index (χ0) is 14.5. The molecule has 20 heavy (non-hydrogen) atoms. The first-order chi connectivity index (χ1) is 9.63. The monoisotopic (exact) mass is 311 g/mol. The number of benzene rings is 1. The molecule has 2 N–H and O–H groups in total. The van der Waals surface area contributed by atoms with Crippen molar-refractivity contribution < 1.29 is 9.84 Å². The quantitative estimate of drug-likeness (QED) is 0.669. The van der Waals surface area contributed by atoms with E-state index in [-0.39, 0.29) is 5.75 Å². The van der Waals surface area contributed by atoms with Crippen LogP contribution in [0.4, 0.5) is 5.69 Å². The van der Waals surface area contributed by atoms with Crippen LogP contribution < -0.4 is 10.2 Å². The number of hydrazone groups is 1. The molecule has 1 aromatic heterocycles. The van der Waals surface area contributed by atoms with Gasteiger partial charge in [0.15, 0.2) is 11.5 Å². The second kappa shape index (κ2) is 6.45. The molecule has 1 heterocycles. The first kappa shape index (κ1) is 14.4. The second-order valence-corrected chi connectivity index (χ2v) is 4.56. The highest BCUT2D eigenvalue weighted by Crippen LogP contribution is 2.30. The first-order valence-corrected chi connectivity index (χ1v) is 6.33. The van der Waals surface area contributed by atoms with Crippen molar-refractivity contribution in [3.05, 3.63) is 46.2 Å². The highest BCUT2D eigenvalue weighted by molar-refractivity contribution is 6.38. The highest BCUT2D eigenvalue weighted by Gasteiger charge is 2.06. The van der Waals surface area contributed by atoms with E-state index in [1.54, 1.807) is 18.2 Å². The lowest BCUT2D eigenvalue weighted by atomic mass is 10.2. The minimum atomic E-state index is 0.00692. The molecule has 0 aliphatic rings. The summed E-state index contributed by atoms with van der Waals surface area (Å²) in [4.78, 5) is 3.84. The van der Waals surface area contributed by atoms with Crippen LogP contribution in [0.3, 0.4) is 0 Å². The van der Waals surface area contributed by atoms with Crippen molar-refractivity contribution in [1.82, 2.24) is 4.98 Å². The summed E-state index contributed by atoms with van der Waals surface area (Å²) in [6, 6.07) is 5.09. The SMILES string of the molecule is COc1cccc(/C=N/Nc2c(Cl)cncc2Cl)c1O. The van der Waals surface area contributed by atoms with Gasteiger partial charge in [0.25, 0.3) is 0 Å². The average Bonchev–Trinajstić information content (AvgIpc) is 2.44. The fourth-order valence-electron chi connectivity index (χ4n) is 1.49. The molecule has 0 atom stereocenters. The number of para-hydroxylation sites is 1. The average molecular weight is 312 g/mol. The molecule has 5 nitrogen and oxygen atoms in total. The summed E-state index contributed by atoms with van der Waals surface area (Å²) in [6.07, 6.45) is 4.34. The molecule has 0 radical (unpaired) electrons. The van der Waals surface area contributed by atoms with Gasteiger partial charge >= 0.3 is 0 Å². The molecule has 0 amide bonds. The molecule has 0 spiro atoms. The van der Waals surface area contributed by atoms with Gasteiger partial charge in [0.1, 0.15) is 0 Å². The Balaban J connectivity index is 2.19. The van der Waals surface area contributed by atoms with Crippen LogP contribution in [0.2, 0.25) is 10.0 Å². The van der Waals surface area contributed by atoms with E-state index in [0.29, 0.717) is 27.0 Å². The van der Waals surface area contributed by atoms with Crippen LogP contribution >= 0.6 is 23.2 Å². The third kappa shape index (κ3) is 3.12. The minimum absolute atomic E-state index is 0.00692. The number of rotatable bonds is 4. The maximum absolute atomic E-state index is 9.89. The Morgan fingerprint density at radius 2 is 2.00 bits per heavy atom. The van der Waals surface area contributed by atoms with Gasteiger partial charge in [-0.05, 0) is 12.1 Å². The summed E-state index contributed by atoms with van der Waals surface area (Å²) in [5.41, 5.74) is 3.65. The van der Waals surface area contributed by atoms with Gasteiger partial charge in [0, 0.05) is 18.0 Å². The summed E-state index contributed by atoms with van der Waals surface area (Å²) >= 11 is 11.9. The third-order valence-corrected chi connectivity index (χ3v) is 3.06. The minimum Gasteiger partial charge on any atom is -0.504 e. The van der Waals surface area contributed by atoms with Gasteiger partial charge in [-0.2, -0.15) is 5.10 Å².